The van der Waals surface area contributed by atoms with Crippen LogP contribution in [0.5, 0.6) is 0 Å². The molecule has 0 radical (unpaired) electrons. The number of nitrogens with zero attached hydrogens (tertiary/aromatic N) is 3. The number of hydrogen-bond acceptors (Lipinski definition) is 6. The van der Waals surface area contributed by atoms with Gasteiger partial charge in [-0.15, -0.1) is 0 Å². The fraction of sp³-hybridized carbons (Fsp3) is 0.611. The Labute approximate surface area is 161 Å². The molecule has 2 bridgehead atoms. The van der Waals surface area contributed by atoms with Crippen LogP contribution in [0.4, 0.5) is 0 Å². The van der Waals surface area contributed by atoms with Gasteiger partial charge in [0.25, 0.3) is 0 Å². The third-order valence-electron chi connectivity index (χ3n) is 5.53. The highest BCUT2D eigenvalue weighted by Crippen LogP contribution is 2.31. The lowest BCUT2D eigenvalue weighted by Crippen LogP contribution is -2.55. The molecule has 0 aromatic heterocycles. The number of fused-ring (bicyclic) bond motifs is 2. The maximum absolute atomic E-state index is 12.5. The molecule has 1 aromatic rings. The second-order valence-corrected chi connectivity index (χ2v) is 11.5. The first-order chi connectivity index (χ1) is 12.8. The third-order valence-corrected chi connectivity index (χ3v) is 9.16. The summed E-state index contributed by atoms with van der Waals surface area (Å²) in [4.78, 5) is 2.53. The number of rotatable bonds is 7. The summed E-state index contributed by atoms with van der Waals surface area (Å²) < 4.78 is 50.8. The summed E-state index contributed by atoms with van der Waals surface area (Å²) >= 11 is 0. The van der Waals surface area contributed by atoms with Crippen LogP contribution in [0.1, 0.15) is 31.7 Å². The highest BCUT2D eigenvalue weighted by atomic mass is 32.2. The third kappa shape index (κ3) is 4.35. The van der Waals surface area contributed by atoms with Crippen molar-refractivity contribution in [1.82, 2.24) is 9.21 Å². The first-order valence-electron chi connectivity index (χ1n) is 9.23. The van der Waals surface area contributed by atoms with Gasteiger partial charge in [0.15, 0.2) is 9.84 Å². The van der Waals surface area contributed by atoms with Gasteiger partial charge in [-0.05, 0) is 57.0 Å². The van der Waals surface area contributed by atoms with E-state index in [1.165, 1.54) is 24.3 Å². The van der Waals surface area contributed by atoms with E-state index in [0.717, 1.165) is 12.8 Å². The van der Waals surface area contributed by atoms with Crippen molar-refractivity contribution in [3.8, 4) is 6.07 Å². The Morgan fingerprint density at radius 3 is 2.19 bits per heavy atom. The average molecular weight is 412 g/mol. The predicted octanol–water partition coefficient (Wildman–Crippen LogP) is 1.22. The summed E-state index contributed by atoms with van der Waals surface area (Å²) in [6.07, 6.45) is 2.43. The van der Waals surface area contributed by atoms with Crippen molar-refractivity contribution in [1.29, 1.82) is 5.26 Å². The molecule has 2 atom stereocenters. The Morgan fingerprint density at radius 2 is 1.67 bits per heavy atom. The van der Waals surface area contributed by atoms with Gasteiger partial charge in [0, 0.05) is 25.2 Å². The van der Waals surface area contributed by atoms with Crippen LogP contribution in [-0.4, -0.2) is 69.3 Å². The summed E-state index contributed by atoms with van der Waals surface area (Å²) in [5.74, 6) is 0.168. The Morgan fingerprint density at radius 1 is 1.07 bits per heavy atom. The molecule has 7 nitrogen and oxygen atoms in total. The first-order valence-corrected chi connectivity index (χ1v) is 12.5. The number of sulfonamides is 1. The molecule has 2 aliphatic heterocycles. The largest absolute Gasteiger partial charge is 0.295 e. The molecule has 2 saturated heterocycles. The van der Waals surface area contributed by atoms with Gasteiger partial charge in [0.1, 0.15) is 0 Å². The number of piperazine rings is 1. The van der Waals surface area contributed by atoms with Crippen LogP contribution in [0.15, 0.2) is 29.2 Å². The summed E-state index contributed by atoms with van der Waals surface area (Å²) in [6.45, 7) is 3.34. The Bertz CT molecular complexity index is 906. The van der Waals surface area contributed by atoms with Crippen molar-refractivity contribution in [2.75, 3.05) is 31.1 Å². The molecule has 0 saturated carbocycles. The Hall–Kier alpha value is -1.47. The summed E-state index contributed by atoms with van der Waals surface area (Å²) in [5.41, 5.74) is 0.436. The Balaban J connectivity index is 1.57. The second-order valence-electron chi connectivity index (χ2n) is 7.15. The first kappa shape index (κ1) is 20.3. The van der Waals surface area contributed by atoms with Gasteiger partial charge in [-0.3, -0.25) is 4.90 Å². The number of benzene rings is 1. The van der Waals surface area contributed by atoms with Crippen LogP contribution in [-0.2, 0) is 19.9 Å². The molecule has 2 aliphatic rings. The minimum Gasteiger partial charge on any atom is -0.295 e. The van der Waals surface area contributed by atoms with Crippen molar-refractivity contribution < 1.29 is 16.8 Å². The van der Waals surface area contributed by atoms with E-state index >= 15 is 0 Å². The van der Waals surface area contributed by atoms with E-state index in [0.29, 0.717) is 31.6 Å². The molecule has 2 fully saturated rings. The van der Waals surface area contributed by atoms with E-state index in [1.54, 1.807) is 11.2 Å². The van der Waals surface area contributed by atoms with Crippen LogP contribution < -0.4 is 0 Å². The highest BCUT2D eigenvalue weighted by Gasteiger charge is 2.42. The van der Waals surface area contributed by atoms with Gasteiger partial charge in [0.2, 0.25) is 10.0 Å². The number of sulfone groups is 1. The fourth-order valence-corrected chi connectivity index (χ4v) is 6.48. The molecule has 2 heterocycles. The van der Waals surface area contributed by atoms with E-state index < -0.39 is 19.9 Å². The van der Waals surface area contributed by atoms with E-state index in [2.05, 4.69) is 4.90 Å². The lowest BCUT2D eigenvalue weighted by Gasteiger charge is -2.40. The summed E-state index contributed by atoms with van der Waals surface area (Å²) in [6, 6.07) is 8.33. The predicted molar refractivity (Wildman–Crippen MR) is 102 cm³/mol. The minimum atomic E-state index is -3.38. The number of hydrogen-bond donors (Lipinski definition) is 0. The standard InChI is InChI=1S/C18H25N3O4S2/c1-2-27(24,25)20-13-16-6-7-17(14-20)21(16)10-3-11-26(22,23)18-8-4-15(12-19)5-9-18/h4-5,8-9,16-17H,2-3,6-7,10-11,13-14H2,1H3. The highest BCUT2D eigenvalue weighted by molar-refractivity contribution is 7.91. The molecule has 0 N–H and O–H groups in total. The molecule has 1 aromatic carbocycles. The zero-order chi connectivity index (χ0) is 19.7. The lowest BCUT2D eigenvalue weighted by molar-refractivity contribution is 0.111. The van der Waals surface area contributed by atoms with Crippen molar-refractivity contribution >= 4 is 19.9 Å². The van der Waals surface area contributed by atoms with E-state index in [4.69, 9.17) is 5.26 Å². The van der Waals surface area contributed by atoms with Gasteiger partial charge < -0.3 is 0 Å². The lowest BCUT2D eigenvalue weighted by atomic mass is 10.2. The monoisotopic (exact) mass is 411 g/mol. The molecule has 9 heteroatoms. The summed E-state index contributed by atoms with van der Waals surface area (Å²) in [5, 5.41) is 8.81. The number of nitriles is 1. The molecule has 0 spiro atoms. The average Bonchev–Trinajstić information content (AvgIpc) is 2.89. The van der Waals surface area contributed by atoms with Crippen LogP contribution in [0.2, 0.25) is 0 Å². The molecule has 0 amide bonds. The minimum absolute atomic E-state index is 0.0474. The maximum atomic E-state index is 12.5. The van der Waals surface area contributed by atoms with Crippen molar-refractivity contribution in [2.24, 2.45) is 0 Å². The van der Waals surface area contributed by atoms with E-state index in [-0.39, 0.29) is 28.5 Å². The molecule has 148 valence electrons. The molecule has 3 rings (SSSR count). The van der Waals surface area contributed by atoms with Gasteiger partial charge in [-0.25, -0.2) is 16.8 Å². The van der Waals surface area contributed by atoms with Crippen molar-refractivity contribution in [3.63, 3.8) is 0 Å². The zero-order valence-corrected chi connectivity index (χ0v) is 17.0. The van der Waals surface area contributed by atoms with Crippen LogP contribution >= 0.6 is 0 Å². The van der Waals surface area contributed by atoms with Gasteiger partial charge in [-0.2, -0.15) is 9.57 Å². The molecule has 0 aliphatic carbocycles. The van der Waals surface area contributed by atoms with Crippen LogP contribution in [0.25, 0.3) is 0 Å². The smallest absolute Gasteiger partial charge is 0.213 e. The van der Waals surface area contributed by atoms with Gasteiger partial charge in [0.05, 0.1) is 28.0 Å². The molecule has 2 unspecified atom stereocenters. The Kier molecular flexibility index (Phi) is 5.91. The molecular formula is C18H25N3O4S2. The maximum Gasteiger partial charge on any atom is 0.213 e. The quantitative estimate of drug-likeness (QED) is 0.669. The zero-order valence-electron chi connectivity index (χ0n) is 15.4. The van der Waals surface area contributed by atoms with Crippen molar-refractivity contribution in [2.45, 2.75) is 43.2 Å². The van der Waals surface area contributed by atoms with Crippen LogP contribution in [0, 0.1) is 11.3 Å². The topological polar surface area (TPSA) is 98.6 Å². The molecule has 27 heavy (non-hydrogen) atoms. The normalized spacial score (nSPS) is 24.0. The van der Waals surface area contributed by atoms with Crippen LogP contribution in [0.3, 0.4) is 0 Å². The van der Waals surface area contributed by atoms with Crippen molar-refractivity contribution in [3.05, 3.63) is 29.8 Å². The SMILES string of the molecule is CCS(=O)(=O)N1CC2CCC(C1)N2CCCS(=O)(=O)c1ccc(C#N)cc1. The van der Waals surface area contributed by atoms with E-state index in [9.17, 15) is 16.8 Å². The van der Waals surface area contributed by atoms with Gasteiger partial charge in [-0.1, -0.05) is 0 Å². The van der Waals surface area contributed by atoms with E-state index in [1.807, 2.05) is 6.07 Å². The fourth-order valence-electron chi connectivity index (χ4n) is 4.02. The van der Waals surface area contributed by atoms with Gasteiger partial charge >= 0.3 is 0 Å². The summed E-state index contributed by atoms with van der Waals surface area (Å²) in [7, 11) is -6.55. The molecular weight excluding hydrogens is 386 g/mol. The second kappa shape index (κ2) is 7.87.